The first-order chi connectivity index (χ1) is 9.22. The first-order valence-corrected chi connectivity index (χ1v) is 6.63. The smallest absolute Gasteiger partial charge is 0.264 e. The van der Waals surface area contributed by atoms with Gasteiger partial charge in [-0.3, -0.25) is 0 Å². The van der Waals surface area contributed by atoms with E-state index in [4.69, 9.17) is 9.26 Å². The minimum atomic E-state index is -0.322. The molecule has 1 aromatic carbocycles. The van der Waals surface area contributed by atoms with Gasteiger partial charge in [-0.05, 0) is 34.1 Å². The maximum Gasteiger partial charge on any atom is 0.264 e. The third-order valence-electron chi connectivity index (χ3n) is 2.88. The third-order valence-corrected chi connectivity index (χ3v) is 3.50. The van der Waals surface area contributed by atoms with Crippen molar-refractivity contribution < 1.29 is 13.7 Å². The van der Waals surface area contributed by atoms with Gasteiger partial charge in [-0.1, -0.05) is 5.16 Å². The van der Waals surface area contributed by atoms with Crippen molar-refractivity contribution in [2.24, 2.45) is 0 Å². The minimum Gasteiger partial charge on any atom is -0.483 e. The number of nitrogens with zero attached hydrogens (tertiary/aromatic N) is 2. The van der Waals surface area contributed by atoms with Gasteiger partial charge >= 0.3 is 0 Å². The highest BCUT2D eigenvalue weighted by atomic mass is 79.9. The second-order valence-corrected chi connectivity index (χ2v) is 5.12. The lowest BCUT2D eigenvalue weighted by Gasteiger charge is -2.23. The van der Waals surface area contributed by atoms with Crippen molar-refractivity contribution in [3.05, 3.63) is 40.2 Å². The maximum atomic E-state index is 12.9. The van der Waals surface area contributed by atoms with E-state index in [1.807, 2.05) is 0 Å². The number of nitrogens with one attached hydrogen (secondary N) is 1. The van der Waals surface area contributed by atoms with Crippen molar-refractivity contribution in [1.29, 1.82) is 0 Å². The molecule has 19 heavy (non-hydrogen) atoms. The van der Waals surface area contributed by atoms with E-state index in [0.717, 1.165) is 13.1 Å². The van der Waals surface area contributed by atoms with Gasteiger partial charge in [0, 0.05) is 19.0 Å². The van der Waals surface area contributed by atoms with E-state index in [1.54, 1.807) is 6.07 Å². The Balaban J connectivity index is 1.63. The number of hydrogen-bond acceptors (Lipinski definition) is 5. The van der Waals surface area contributed by atoms with Crippen molar-refractivity contribution >= 4 is 15.9 Å². The molecule has 0 atom stereocenters. The minimum absolute atomic E-state index is 0.164. The lowest BCUT2D eigenvalue weighted by molar-refractivity contribution is 0.240. The Morgan fingerprint density at radius 1 is 1.47 bits per heavy atom. The predicted molar refractivity (Wildman–Crippen MR) is 68.3 cm³/mol. The molecule has 1 saturated heterocycles. The lowest BCUT2D eigenvalue weighted by Crippen LogP contribution is -2.40. The highest BCUT2D eigenvalue weighted by molar-refractivity contribution is 9.10. The number of rotatable bonds is 4. The molecule has 100 valence electrons. The van der Waals surface area contributed by atoms with Gasteiger partial charge in [-0.15, -0.1) is 0 Å². The number of benzene rings is 1. The summed E-state index contributed by atoms with van der Waals surface area (Å²) in [7, 11) is 0. The fourth-order valence-electron chi connectivity index (χ4n) is 1.70. The monoisotopic (exact) mass is 327 g/mol. The molecule has 0 bridgehead atoms. The molecular formula is C12H11BrFN3O2. The van der Waals surface area contributed by atoms with E-state index >= 15 is 0 Å². The molecule has 1 aliphatic heterocycles. The van der Waals surface area contributed by atoms with Crippen LogP contribution < -0.4 is 10.1 Å². The van der Waals surface area contributed by atoms with E-state index in [2.05, 4.69) is 31.4 Å². The fraction of sp³-hybridized carbons (Fsp3) is 0.333. The van der Waals surface area contributed by atoms with Crippen LogP contribution in [0.15, 0.2) is 27.2 Å². The van der Waals surface area contributed by atoms with Crippen LogP contribution in [0.25, 0.3) is 0 Å². The normalized spacial score (nSPS) is 15.3. The molecule has 0 unspecified atom stereocenters. The SMILES string of the molecule is Fc1ccc(OCc2nc(C3CNC3)no2)c(Br)c1. The molecule has 0 saturated carbocycles. The van der Waals surface area contributed by atoms with Gasteiger partial charge in [0.2, 0.25) is 0 Å². The largest absolute Gasteiger partial charge is 0.483 e. The second kappa shape index (κ2) is 5.26. The van der Waals surface area contributed by atoms with Gasteiger partial charge in [0.1, 0.15) is 11.6 Å². The molecule has 0 spiro atoms. The number of aromatic nitrogens is 2. The Kier molecular flexibility index (Phi) is 3.48. The van der Waals surface area contributed by atoms with Crippen LogP contribution in [0.4, 0.5) is 4.39 Å². The Hall–Kier alpha value is -1.47. The van der Waals surface area contributed by atoms with Crippen molar-refractivity contribution in [2.45, 2.75) is 12.5 Å². The van der Waals surface area contributed by atoms with Gasteiger partial charge in [-0.2, -0.15) is 4.98 Å². The summed E-state index contributed by atoms with van der Waals surface area (Å²) in [6.45, 7) is 1.92. The molecule has 3 rings (SSSR count). The zero-order chi connectivity index (χ0) is 13.2. The van der Waals surface area contributed by atoms with Crippen LogP contribution >= 0.6 is 15.9 Å². The summed E-state index contributed by atoms with van der Waals surface area (Å²) in [6.07, 6.45) is 0. The van der Waals surface area contributed by atoms with Gasteiger partial charge in [0.15, 0.2) is 12.4 Å². The van der Waals surface area contributed by atoms with Crippen molar-refractivity contribution in [2.75, 3.05) is 13.1 Å². The molecule has 1 aliphatic rings. The Labute approximate surface area is 117 Å². The Morgan fingerprint density at radius 2 is 2.32 bits per heavy atom. The summed E-state index contributed by atoms with van der Waals surface area (Å²) in [6, 6.07) is 4.22. The molecule has 1 aromatic heterocycles. The van der Waals surface area contributed by atoms with Crippen LogP contribution in [0.2, 0.25) is 0 Å². The standard InChI is InChI=1S/C12H11BrFN3O2/c13-9-3-8(14)1-2-10(9)18-6-11-16-12(17-19-11)7-4-15-5-7/h1-3,7,15H,4-6H2. The summed E-state index contributed by atoms with van der Waals surface area (Å²) in [5.74, 6) is 1.66. The first-order valence-electron chi connectivity index (χ1n) is 5.83. The molecule has 0 amide bonds. The zero-order valence-corrected chi connectivity index (χ0v) is 11.5. The van der Waals surface area contributed by atoms with Gasteiger partial charge < -0.3 is 14.6 Å². The predicted octanol–water partition coefficient (Wildman–Crippen LogP) is 2.24. The molecule has 5 nitrogen and oxygen atoms in total. The van der Waals surface area contributed by atoms with Crippen molar-refractivity contribution in [1.82, 2.24) is 15.5 Å². The van der Waals surface area contributed by atoms with Gasteiger partial charge in [0.05, 0.1) is 4.47 Å². The van der Waals surface area contributed by atoms with Crippen LogP contribution in [-0.2, 0) is 6.61 Å². The third kappa shape index (κ3) is 2.76. The molecular weight excluding hydrogens is 317 g/mol. The van der Waals surface area contributed by atoms with Crippen LogP contribution in [0.1, 0.15) is 17.6 Å². The summed E-state index contributed by atoms with van der Waals surface area (Å²) in [5, 5.41) is 7.05. The highest BCUT2D eigenvalue weighted by Gasteiger charge is 2.24. The molecule has 2 aromatic rings. The number of halogens is 2. The van der Waals surface area contributed by atoms with Crippen LogP contribution in [0.5, 0.6) is 5.75 Å². The molecule has 1 fully saturated rings. The van der Waals surface area contributed by atoms with Crippen LogP contribution in [0.3, 0.4) is 0 Å². The van der Waals surface area contributed by atoms with E-state index in [-0.39, 0.29) is 12.4 Å². The van der Waals surface area contributed by atoms with E-state index in [1.165, 1.54) is 12.1 Å². The summed E-state index contributed by atoms with van der Waals surface area (Å²) < 4.78 is 24.1. The Bertz CT molecular complexity index is 586. The molecule has 0 aliphatic carbocycles. The second-order valence-electron chi connectivity index (χ2n) is 4.26. The van der Waals surface area contributed by atoms with Gasteiger partial charge in [0.25, 0.3) is 5.89 Å². The van der Waals surface area contributed by atoms with Crippen molar-refractivity contribution in [3.8, 4) is 5.75 Å². The summed E-state index contributed by atoms with van der Waals surface area (Å²) in [5.41, 5.74) is 0. The van der Waals surface area contributed by atoms with E-state index in [0.29, 0.717) is 27.9 Å². The summed E-state index contributed by atoms with van der Waals surface area (Å²) >= 11 is 3.23. The number of hydrogen-bond donors (Lipinski definition) is 1. The molecule has 7 heteroatoms. The van der Waals surface area contributed by atoms with Crippen molar-refractivity contribution in [3.63, 3.8) is 0 Å². The number of ether oxygens (including phenoxy) is 1. The van der Waals surface area contributed by atoms with E-state index < -0.39 is 0 Å². The van der Waals surface area contributed by atoms with Crippen LogP contribution in [0, 0.1) is 5.82 Å². The summed E-state index contributed by atoms with van der Waals surface area (Å²) in [4.78, 5) is 4.26. The quantitative estimate of drug-likeness (QED) is 0.933. The van der Waals surface area contributed by atoms with E-state index in [9.17, 15) is 4.39 Å². The Morgan fingerprint density at radius 3 is 3.00 bits per heavy atom. The lowest BCUT2D eigenvalue weighted by atomic mass is 10.0. The first kappa shape index (κ1) is 12.6. The maximum absolute atomic E-state index is 12.9. The average molecular weight is 328 g/mol. The molecule has 0 radical (unpaired) electrons. The zero-order valence-electron chi connectivity index (χ0n) is 9.90. The van der Waals surface area contributed by atoms with Crippen LogP contribution in [-0.4, -0.2) is 23.2 Å². The van der Waals surface area contributed by atoms with Gasteiger partial charge in [-0.25, -0.2) is 4.39 Å². The average Bonchev–Trinajstić information content (AvgIpc) is 2.74. The molecule has 2 heterocycles. The molecule has 1 N–H and O–H groups in total. The highest BCUT2D eigenvalue weighted by Crippen LogP contribution is 2.26. The fourth-order valence-corrected chi connectivity index (χ4v) is 2.16. The topological polar surface area (TPSA) is 60.2 Å².